The van der Waals surface area contributed by atoms with E-state index >= 15 is 0 Å². The monoisotopic (exact) mass is 223 g/mol. The molecule has 2 rings (SSSR count). The second kappa shape index (κ2) is 5.55. The summed E-state index contributed by atoms with van der Waals surface area (Å²) in [5.74, 6) is 1.27. The van der Waals surface area contributed by atoms with E-state index in [0.29, 0.717) is 10.7 Å². The molecule has 0 saturated carbocycles. The first-order valence-electron chi connectivity index (χ1n) is 5.69. The molecule has 0 radical (unpaired) electrons. The van der Waals surface area contributed by atoms with Crippen molar-refractivity contribution in [2.45, 2.75) is 39.4 Å². The Morgan fingerprint density at radius 2 is 2.13 bits per heavy atom. The van der Waals surface area contributed by atoms with Crippen molar-refractivity contribution in [1.82, 2.24) is 4.98 Å². The highest BCUT2D eigenvalue weighted by Gasteiger charge is 2.32. The van der Waals surface area contributed by atoms with Crippen molar-refractivity contribution in [3.8, 4) is 0 Å². The van der Waals surface area contributed by atoms with Gasteiger partial charge in [-0.2, -0.15) is 11.8 Å². The van der Waals surface area contributed by atoms with Crippen LogP contribution in [-0.2, 0) is 0 Å². The lowest BCUT2D eigenvalue weighted by molar-refractivity contribution is 0.406. The second-order valence-electron chi connectivity index (χ2n) is 4.45. The Morgan fingerprint density at radius 3 is 2.60 bits per heavy atom. The average molecular weight is 223 g/mol. The van der Waals surface area contributed by atoms with E-state index < -0.39 is 0 Å². The van der Waals surface area contributed by atoms with E-state index in [-0.39, 0.29) is 0 Å². The van der Waals surface area contributed by atoms with Crippen molar-refractivity contribution in [2.24, 2.45) is 5.41 Å². The standard InChI is InChI=1S/C11H15NS.C2H6/c1-11(2)6-10(13-8-11)9-4-3-5-12-7-9;1-2/h3-5,7,10H,6,8H2,1-2H3;1-2H3. The zero-order valence-corrected chi connectivity index (χ0v) is 11.0. The highest BCUT2D eigenvalue weighted by Crippen LogP contribution is 2.48. The minimum Gasteiger partial charge on any atom is -0.264 e. The van der Waals surface area contributed by atoms with Crippen LogP contribution in [0.25, 0.3) is 0 Å². The lowest BCUT2D eigenvalue weighted by atomic mass is 9.89. The van der Waals surface area contributed by atoms with Crippen molar-refractivity contribution < 1.29 is 0 Å². The van der Waals surface area contributed by atoms with Crippen LogP contribution >= 0.6 is 11.8 Å². The third kappa shape index (κ3) is 3.53. The van der Waals surface area contributed by atoms with Gasteiger partial charge in [0.1, 0.15) is 0 Å². The van der Waals surface area contributed by atoms with E-state index in [9.17, 15) is 0 Å². The van der Waals surface area contributed by atoms with Crippen LogP contribution in [0.3, 0.4) is 0 Å². The van der Waals surface area contributed by atoms with Gasteiger partial charge in [0.05, 0.1) is 0 Å². The van der Waals surface area contributed by atoms with Crippen LogP contribution in [0.1, 0.15) is 44.9 Å². The zero-order valence-electron chi connectivity index (χ0n) is 10.2. The van der Waals surface area contributed by atoms with Gasteiger partial charge in [0.25, 0.3) is 0 Å². The zero-order chi connectivity index (χ0) is 11.3. The van der Waals surface area contributed by atoms with E-state index in [0.717, 1.165) is 0 Å². The molecule has 0 amide bonds. The highest BCUT2D eigenvalue weighted by molar-refractivity contribution is 7.99. The molecule has 2 heterocycles. The molecule has 1 saturated heterocycles. The molecule has 84 valence electrons. The van der Waals surface area contributed by atoms with Crippen LogP contribution in [-0.4, -0.2) is 10.7 Å². The Balaban J connectivity index is 0.000000531. The molecular weight excluding hydrogens is 202 g/mol. The van der Waals surface area contributed by atoms with Crippen molar-refractivity contribution in [2.75, 3.05) is 5.75 Å². The molecule has 0 N–H and O–H groups in total. The Bertz CT molecular complexity index is 282. The number of rotatable bonds is 1. The van der Waals surface area contributed by atoms with Gasteiger partial charge in [-0.3, -0.25) is 4.98 Å². The summed E-state index contributed by atoms with van der Waals surface area (Å²) in [4.78, 5) is 4.16. The van der Waals surface area contributed by atoms with Crippen LogP contribution in [0.5, 0.6) is 0 Å². The molecule has 1 nitrogen and oxygen atoms in total. The molecule has 0 bridgehead atoms. The summed E-state index contributed by atoms with van der Waals surface area (Å²) in [7, 11) is 0. The summed E-state index contributed by atoms with van der Waals surface area (Å²) >= 11 is 2.06. The quantitative estimate of drug-likeness (QED) is 0.703. The fourth-order valence-corrected chi connectivity index (χ4v) is 3.40. The van der Waals surface area contributed by atoms with Gasteiger partial charge in [-0.05, 0) is 29.2 Å². The second-order valence-corrected chi connectivity index (χ2v) is 5.65. The van der Waals surface area contributed by atoms with Crippen LogP contribution in [0.4, 0.5) is 0 Å². The highest BCUT2D eigenvalue weighted by atomic mass is 32.2. The first-order chi connectivity index (χ1) is 7.17. The average Bonchev–Trinajstić information content (AvgIpc) is 2.63. The summed E-state index contributed by atoms with van der Waals surface area (Å²) in [6.07, 6.45) is 5.12. The molecule has 0 spiro atoms. The van der Waals surface area contributed by atoms with E-state index in [4.69, 9.17) is 0 Å². The molecule has 1 aliphatic heterocycles. The number of aromatic nitrogens is 1. The van der Waals surface area contributed by atoms with E-state index in [1.165, 1.54) is 17.7 Å². The molecule has 15 heavy (non-hydrogen) atoms. The van der Waals surface area contributed by atoms with Crippen molar-refractivity contribution >= 4 is 11.8 Å². The molecule has 1 fully saturated rings. The van der Waals surface area contributed by atoms with Crippen molar-refractivity contribution in [3.63, 3.8) is 0 Å². The van der Waals surface area contributed by atoms with Gasteiger partial charge in [0, 0.05) is 17.6 Å². The fraction of sp³-hybridized carbons (Fsp3) is 0.615. The van der Waals surface area contributed by atoms with E-state index in [2.05, 4.69) is 36.7 Å². The molecule has 1 unspecified atom stereocenters. The Labute approximate surface area is 97.7 Å². The van der Waals surface area contributed by atoms with Gasteiger partial charge >= 0.3 is 0 Å². The first-order valence-corrected chi connectivity index (χ1v) is 6.74. The number of hydrogen-bond acceptors (Lipinski definition) is 2. The number of pyridine rings is 1. The normalized spacial score (nSPS) is 23.1. The van der Waals surface area contributed by atoms with Gasteiger partial charge in [0.15, 0.2) is 0 Å². The lowest BCUT2D eigenvalue weighted by Crippen LogP contribution is -2.08. The minimum atomic E-state index is 0.505. The first kappa shape index (κ1) is 12.6. The summed E-state index contributed by atoms with van der Waals surface area (Å²) in [6, 6.07) is 4.22. The van der Waals surface area contributed by atoms with E-state index in [1.54, 1.807) is 0 Å². The number of hydrogen-bond donors (Lipinski definition) is 0. The molecule has 2 heteroatoms. The molecule has 1 aliphatic rings. The molecule has 1 aromatic rings. The third-order valence-electron chi connectivity index (χ3n) is 2.47. The molecule has 0 aromatic carbocycles. The van der Waals surface area contributed by atoms with Crippen molar-refractivity contribution in [3.05, 3.63) is 30.1 Å². The SMILES string of the molecule is CC.CC1(C)CSC(c2cccnc2)C1. The summed E-state index contributed by atoms with van der Waals surface area (Å²) < 4.78 is 0. The lowest BCUT2D eigenvalue weighted by Gasteiger charge is -2.15. The van der Waals surface area contributed by atoms with Gasteiger partial charge in [-0.25, -0.2) is 0 Å². The van der Waals surface area contributed by atoms with Crippen molar-refractivity contribution in [1.29, 1.82) is 0 Å². The van der Waals surface area contributed by atoms with Crippen LogP contribution in [0.2, 0.25) is 0 Å². The minimum absolute atomic E-state index is 0.505. The van der Waals surface area contributed by atoms with Gasteiger partial charge in [0.2, 0.25) is 0 Å². The summed E-state index contributed by atoms with van der Waals surface area (Å²) in [5, 5.41) is 0.670. The van der Waals surface area contributed by atoms with Gasteiger partial charge < -0.3 is 0 Å². The Kier molecular flexibility index (Phi) is 4.65. The predicted octanol–water partition coefficient (Wildman–Crippen LogP) is 4.31. The maximum atomic E-state index is 4.16. The summed E-state index contributed by atoms with van der Waals surface area (Å²) in [6.45, 7) is 8.69. The summed E-state index contributed by atoms with van der Waals surface area (Å²) in [5.41, 5.74) is 1.89. The smallest absolute Gasteiger partial charge is 0.0318 e. The fourth-order valence-electron chi connectivity index (χ4n) is 1.73. The molecular formula is C13H21NS. The molecule has 1 atom stereocenters. The van der Waals surface area contributed by atoms with Crippen LogP contribution in [0, 0.1) is 5.41 Å². The maximum Gasteiger partial charge on any atom is 0.0318 e. The third-order valence-corrected chi connectivity index (χ3v) is 4.26. The molecule has 0 aliphatic carbocycles. The maximum absolute atomic E-state index is 4.16. The van der Waals surface area contributed by atoms with Crippen LogP contribution in [0.15, 0.2) is 24.5 Å². The van der Waals surface area contributed by atoms with Gasteiger partial charge in [-0.15, -0.1) is 0 Å². The molecule has 1 aromatic heterocycles. The number of thioether (sulfide) groups is 1. The van der Waals surface area contributed by atoms with Gasteiger partial charge in [-0.1, -0.05) is 33.8 Å². The Hall–Kier alpha value is -0.500. The van der Waals surface area contributed by atoms with E-state index in [1.807, 2.05) is 32.3 Å². The largest absolute Gasteiger partial charge is 0.264 e. The predicted molar refractivity (Wildman–Crippen MR) is 69.2 cm³/mol. The Morgan fingerprint density at radius 1 is 1.40 bits per heavy atom. The van der Waals surface area contributed by atoms with Crippen LogP contribution < -0.4 is 0 Å². The number of nitrogens with zero attached hydrogens (tertiary/aromatic N) is 1. The topological polar surface area (TPSA) is 12.9 Å².